The van der Waals surface area contributed by atoms with Crippen LogP contribution in [0.3, 0.4) is 0 Å². The minimum absolute atomic E-state index is 0.267. The molecule has 1 aromatic rings. The van der Waals surface area contributed by atoms with Gasteiger partial charge in [-0.3, -0.25) is 0 Å². The van der Waals surface area contributed by atoms with Crippen molar-refractivity contribution in [2.75, 3.05) is 0 Å². The van der Waals surface area contributed by atoms with Crippen LogP contribution in [-0.4, -0.2) is 20.8 Å². The summed E-state index contributed by atoms with van der Waals surface area (Å²) in [6.07, 6.45) is 2.92. The van der Waals surface area contributed by atoms with E-state index in [1.807, 2.05) is 11.6 Å². The maximum atomic E-state index is 4.10. The predicted octanol–water partition coefficient (Wildman–Crippen LogP) is 2.37. The summed E-state index contributed by atoms with van der Waals surface area (Å²) in [6.45, 7) is 12.2. The molecule has 0 amide bonds. The number of hydrogen-bond donors (Lipinski definition) is 1. The van der Waals surface area contributed by atoms with Gasteiger partial charge in [-0.2, -0.15) is 0 Å². The first-order valence-corrected chi connectivity index (χ1v) is 6.37. The van der Waals surface area contributed by atoms with E-state index in [-0.39, 0.29) is 5.41 Å². The molecule has 0 fully saturated rings. The lowest BCUT2D eigenvalue weighted by Gasteiger charge is -2.33. The maximum absolute atomic E-state index is 4.10. The molecule has 1 N–H and O–H groups in total. The highest BCUT2D eigenvalue weighted by Crippen LogP contribution is 2.24. The van der Waals surface area contributed by atoms with Crippen molar-refractivity contribution in [3.63, 3.8) is 0 Å². The van der Waals surface area contributed by atoms with Gasteiger partial charge in [0.1, 0.15) is 12.2 Å². The lowest BCUT2D eigenvalue weighted by Crippen LogP contribution is -2.41. The van der Waals surface area contributed by atoms with E-state index in [4.69, 9.17) is 0 Å². The normalized spacial score (nSPS) is 14.3. The largest absolute Gasteiger partial charge is 0.320 e. The highest BCUT2D eigenvalue weighted by atomic mass is 15.3. The van der Waals surface area contributed by atoms with Crippen LogP contribution < -0.4 is 5.32 Å². The summed E-state index contributed by atoms with van der Waals surface area (Å²) in [5.41, 5.74) is 0.267. The van der Waals surface area contributed by atoms with E-state index < -0.39 is 0 Å². The molecule has 0 aliphatic carbocycles. The highest BCUT2D eigenvalue weighted by molar-refractivity contribution is 4.88. The molecule has 0 bridgehead atoms. The van der Waals surface area contributed by atoms with Crippen LogP contribution in [0.2, 0.25) is 0 Å². The average Bonchev–Trinajstić information content (AvgIpc) is 2.56. The van der Waals surface area contributed by atoms with Gasteiger partial charge in [0.05, 0.1) is 6.54 Å². The van der Waals surface area contributed by atoms with Crippen LogP contribution in [0.1, 0.15) is 46.9 Å². The molecule has 1 aromatic heterocycles. The molecule has 0 aliphatic rings. The van der Waals surface area contributed by atoms with Crippen molar-refractivity contribution < 1.29 is 0 Å². The quantitative estimate of drug-likeness (QED) is 0.856. The van der Waals surface area contributed by atoms with E-state index in [0.717, 1.165) is 12.4 Å². The van der Waals surface area contributed by atoms with Gasteiger partial charge in [0.2, 0.25) is 0 Å². The van der Waals surface area contributed by atoms with Crippen LogP contribution in [0, 0.1) is 11.3 Å². The maximum Gasteiger partial charge on any atom is 0.146 e. The van der Waals surface area contributed by atoms with Crippen molar-refractivity contribution in [3.8, 4) is 0 Å². The minimum Gasteiger partial charge on any atom is -0.320 e. The zero-order valence-corrected chi connectivity index (χ0v) is 12.0. The Morgan fingerprint density at radius 1 is 1.35 bits per heavy atom. The lowest BCUT2D eigenvalue weighted by molar-refractivity contribution is 0.230. The monoisotopic (exact) mass is 238 g/mol. The summed E-state index contributed by atoms with van der Waals surface area (Å²) in [6, 6.07) is 0.499. The van der Waals surface area contributed by atoms with E-state index in [1.54, 1.807) is 6.33 Å². The summed E-state index contributed by atoms with van der Waals surface area (Å²) in [7, 11) is 1.98. The van der Waals surface area contributed by atoms with Crippen LogP contribution in [0.5, 0.6) is 0 Å². The number of aryl methyl sites for hydroxylation is 1. The second kappa shape index (κ2) is 5.63. The van der Waals surface area contributed by atoms with E-state index in [9.17, 15) is 0 Å². The molecule has 1 atom stereocenters. The number of nitrogens with one attached hydrogen (secondary N) is 1. The van der Waals surface area contributed by atoms with E-state index in [1.165, 1.54) is 6.42 Å². The first-order valence-electron chi connectivity index (χ1n) is 6.37. The molecule has 0 saturated carbocycles. The molecule has 1 heterocycles. The number of nitrogens with zero attached hydrogens (tertiary/aromatic N) is 3. The summed E-state index contributed by atoms with van der Waals surface area (Å²) >= 11 is 0. The van der Waals surface area contributed by atoms with Crippen LogP contribution >= 0.6 is 0 Å². The minimum atomic E-state index is 0.267. The van der Waals surface area contributed by atoms with Crippen molar-refractivity contribution in [2.45, 2.75) is 53.6 Å². The molecule has 0 aliphatic heterocycles. The number of aromatic nitrogens is 3. The second-order valence-electron chi connectivity index (χ2n) is 6.29. The van der Waals surface area contributed by atoms with E-state index in [2.05, 4.69) is 50.1 Å². The fourth-order valence-electron chi connectivity index (χ4n) is 1.90. The number of rotatable bonds is 5. The van der Waals surface area contributed by atoms with Crippen LogP contribution in [-0.2, 0) is 13.6 Å². The van der Waals surface area contributed by atoms with Crippen LogP contribution in [0.4, 0.5) is 0 Å². The first-order chi connectivity index (χ1) is 7.80. The molecule has 17 heavy (non-hydrogen) atoms. The van der Waals surface area contributed by atoms with Crippen molar-refractivity contribution >= 4 is 0 Å². The molecule has 98 valence electrons. The molecule has 4 nitrogen and oxygen atoms in total. The molecular formula is C13H26N4. The summed E-state index contributed by atoms with van der Waals surface area (Å²) in [5.74, 6) is 1.69. The first kappa shape index (κ1) is 14.2. The van der Waals surface area contributed by atoms with Crippen LogP contribution in [0.15, 0.2) is 6.33 Å². The molecule has 0 saturated heterocycles. The second-order valence-corrected chi connectivity index (χ2v) is 6.29. The zero-order valence-electron chi connectivity index (χ0n) is 12.0. The van der Waals surface area contributed by atoms with Gasteiger partial charge < -0.3 is 9.88 Å². The third-order valence-electron chi connectivity index (χ3n) is 3.06. The number of hydrogen-bond acceptors (Lipinski definition) is 3. The van der Waals surface area contributed by atoms with Gasteiger partial charge >= 0.3 is 0 Å². The molecule has 1 rings (SSSR count). The molecule has 0 radical (unpaired) electrons. The summed E-state index contributed by atoms with van der Waals surface area (Å²) < 4.78 is 1.96. The van der Waals surface area contributed by atoms with Crippen LogP contribution in [0.25, 0.3) is 0 Å². The summed E-state index contributed by atoms with van der Waals surface area (Å²) in [5, 5.41) is 11.6. The van der Waals surface area contributed by atoms with Gasteiger partial charge in [0.15, 0.2) is 0 Å². The Morgan fingerprint density at radius 3 is 2.41 bits per heavy atom. The Bertz CT molecular complexity index is 335. The fraction of sp³-hybridized carbons (Fsp3) is 0.846. The molecule has 0 aromatic carbocycles. The zero-order chi connectivity index (χ0) is 13.1. The lowest BCUT2D eigenvalue weighted by atomic mass is 9.82. The van der Waals surface area contributed by atoms with Crippen molar-refractivity contribution in [1.82, 2.24) is 20.1 Å². The Labute approximate surface area is 105 Å². The van der Waals surface area contributed by atoms with Gasteiger partial charge in [0, 0.05) is 13.1 Å². The SMILES string of the molecule is CC(C)C[C@@H](NCc1nncn1C)C(C)(C)C. The van der Waals surface area contributed by atoms with Gasteiger partial charge in [0.25, 0.3) is 0 Å². The predicted molar refractivity (Wildman–Crippen MR) is 70.5 cm³/mol. The van der Waals surface area contributed by atoms with Crippen molar-refractivity contribution in [3.05, 3.63) is 12.2 Å². The van der Waals surface area contributed by atoms with Crippen molar-refractivity contribution in [2.24, 2.45) is 18.4 Å². The Hall–Kier alpha value is -0.900. The molecular weight excluding hydrogens is 212 g/mol. The Balaban J connectivity index is 2.58. The topological polar surface area (TPSA) is 42.7 Å². The summed E-state index contributed by atoms with van der Waals surface area (Å²) in [4.78, 5) is 0. The molecule has 0 unspecified atom stereocenters. The van der Waals surface area contributed by atoms with Crippen molar-refractivity contribution in [1.29, 1.82) is 0 Å². The molecule has 4 heteroatoms. The third kappa shape index (κ3) is 4.46. The van der Waals surface area contributed by atoms with Gasteiger partial charge in [-0.25, -0.2) is 0 Å². The highest BCUT2D eigenvalue weighted by Gasteiger charge is 2.25. The molecule has 0 spiro atoms. The van der Waals surface area contributed by atoms with Gasteiger partial charge in [-0.05, 0) is 17.8 Å². The van der Waals surface area contributed by atoms with Gasteiger partial charge in [-0.1, -0.05) is 34.6 Å². The standard InChI is InChI=1S/C13H26N4/c1-10(2)7-11(13(3,4)5)14-8-12-16-15-9-17(12)6/h9-11,14H,7-8H2,1-6H3/t11-/m1/s1. The fourth-order valence-corrected chi connectivity index (χ4v) is 1.90. The Morgan fingerprint density at radius 2 is 2.00 bits per heavy atom. The Kier molecular flexibility index (Phi) is 4.69. The average molecular weight is 238 g/mol. The van der Waals surface area contributed by atoms with Gasteiger partial charge in [-0.15, -0.1) is 10.2 Å². The van der Waals surface area contributed by atoms with E-state index >= 15 is 0 Å². The smallest absolute Gasteiger partial charge is 0.146 e. The third-order valence-corrected chi connectivity index (χ3v) is 3.06. The van der Waals surface area contributed by atoms with E-state index in [0.29, 0.717) is 12.0 Å².